The number of aliphatic hydroxyl groups excluding tert-OH is 1. The molecule has 0 saturated carbocycles. The quantitative estimate of drug-likeness (QED) is 0.0476. The molecule has 120 heavy (non-hydrogen) atoms. The summed E-state index contributed by atoms with van der Waals surface area (Å²) < 4.78 is 60.1. The molecule has 34 heteroatoms. The van der Waals surface area contributed by atoms with Gasteiger partial charge in [-0.3, -0.25) is 67.5 Å². The van der Waals surface area contributed by atoms with Crippen molar-refractivity contribution < 1.29 is 126 Å². The number of aliphatic hydroxyl groups is 3. The van der Waals surface area contributed by atoms with Crippen molar-refractivity contribution in [3.05, 3.63) is 181 Å². The average molecular weight is 1660 g/mol. The van der Waals surface area contributed by atoms with E-state index in [9.17, 15) is 102 Å². The SMILES string of the molecule is CC(=O)[C@]1(O)Cc2c(O)c3c(c(O)c2[C@@H](O[C@H]2C[C@H](NC(=O)[C@@H]4CCCN4C(=O)[C@@H](C)NC(=O)c4ccncc4)[C@H](C)[C@H](C)O2)C1)C(=O)c1ccccc1C3=O.CCC(=O)[C@]1(O)Cc2c(O)c3c(c(O)c2[C@@H](OC2CC(NC(=O)[C@@H]4CC(F)(F)CN4C(=O)CNC(=O)c4ccnc5ccccc45)C(O)C(C)O2)C1)C(=O)c1c(OC)cccc1C3=O. The molecule has 11 N–H and O–H groups in total. The lowest BCUT2D eigenvalue weighted by atomic mass is 9.71. The van der Waals surface area contributed by atoms with E-state index in [1.54, 1.807) is 50.2 Å². The van der Waals surface area contributed by atoms with Gasteiger partial charge in [0, 0.05) is 138 Å². The Morgan fingerprint density at radius 1 is 0.633 bits per heavy atom. The third-order valence-electron chi connectivity index (χ3n) is 24.2. The zero-order valence-corrected chi connectivity index (χ0v) is 66.1. The second kappa shape index (κ2) is 33.0. The van der Waals surface area contributed by atoms with Crippen LogP contribution in [0.15, 0.2) is 104 Å². The van der Waals surface area contributed by atoms with Gasteiger partial charge in [0.2, 0.25) is 29.4 Å². The Bertz CT molecular complexity index is 5430. The number of phenolic OH excluding ortho intramolecular Hbond substituents is 4. The summed E-state index contributed by atoms with van der Waals surface area (Å²) in [5.41, 5.74) is -5.93. The molecule has 15 rings (SSSR count). The fourth-order valence-electron chi connectivity index (χ4n) is 17.7. The molecule has 630 valence electrons. The summed E-state index contributed by atoms with van der Waals surface area (Å²) in [5.74, 6) is -14.7. The zero-order valence-electron chi connectivity index (χ0n) is 66.1. The van der Waals surface area contributed by atoms with Crippen molar-refractivity contribution in [1.82, 2.24) is 41.0 Å². The number of pyridine rings is 2. The maximum atomic E-state index is 14.9. The molecule has 4 saturated heterocycles. The largest absolute Gasteiger partial charge is 0.507 e. The highest BCUT2D eigenvalue weighted by atomic mass is 19.3. The number of para-hydroxylation sites is 1. The lowest BCUT2D eigenvalue weighted by Crippen LogP contribution is -2.58. The van der Waals surface area contributed by atoms with Crippen molar-refractivity contribution >= 4 is 81.0 Å². The number of nitrogens with zero attached hydrogens (tertiary/aromatic N) is 4. The van der Waals surface area contributed by atoms with E-state index in [0.717, 1.165) is 0 Å². The van der Waals surface area contributed by atoms with Gasteiger partial charge in [-0.2, -0.15) is 0 Å². The zero-order chi connectivity index (χ0) is 86.2. The fourth-order valence-corrected chi connectivity index (χ4v) is 17.7. The number of Topliss-reactive ketones (excluding diaryl/α,β-unsaturated/α-hetero) is 2. The average Bonchev–Trinajstić information content (AvgIpc) is 0.950. The molecule has 4 fully saturated rings. The summed E-state index contributed by atoms with van der Waals surface area (Å²) in [5, 5.41) is 92.7. The number of ether oxygens (including phenoxy) is 5. The molecule has 8 aliphatic rings. The number of phenols is 4. The van der Waals surface area contributed by atoms with Gasteiger partial charge in [0.25, 0.3) is 17.7 Å². The number of fused-ring (bicyclic) bond motifs is 7. The Labute approximate surface area is 683 Å². The molecule has 4 unspecified atom stereocenters. The first kappa shape index (κ1) is 84.5. The monoisotopic (exact) mass is 1650 g/mol. The molecular formula is C86H88F2N8O24. The normalized spacial score (nSPS) is 26.6. The number of halogens is 2. The van der Waals surface area contributed by atoms with Crippen molar-refractivity contribution in [2.75, 3.05) is 26.7 Å². The van der Waals surface area contributed by atoms with Gasteiger partial charge in [-0.15, -0.1) is 0 Å². The van der Waals surface area contributed by atoms with Gasteiger partial charge in [-0.25, -0.2) is 8.78 Å². The molecule has 15 atom stereocenters. The van der Waals surface area contributed by atoms with E-state index >= 15 is 0 Å². The summed E-state index contributed by atoms with van der Waals surface area (Å²) >= 11 is 0. The van der Waals surface area contributed by atoms with Gasteiger partial charge in [0.1, 0.15) is 64.2 Å². The van der Waals surface area contributed by atoms with E-state index in [-0.39, 0.29) is 93.3 Å². The van der Waals surface area contributed by atoms with Crippen LogP contribution in [0.3, 0.4) is 0 Å². The molecule has 32 nitrogen and oxygen atoms in total. The number of likely N-dealkylation sites (tertiary alicyclic amines) is 2. The molecule has 2 aromatic heterocycles. The Kier molecular flexibility index (Phi) is 23.2. The summed E-state index contributed by atoms with van der Waals surface area (Å²) in [6.45, 7) is 7.84. The summed E-state index contributed by atoms with van der Waals surface area (Å²) in [6.07, 6.45) is -6.43. The van der Waals surface area contributed by atoms with E-state index in [1.165, 1.54) is 99.9 Å². The van der Waals surface area contributed by atoms with Crippen LogP contribution in [0.4, 0.5) is 8.78 Å². The van der Waals surface area contributed by atoms with E-state index in [1.807, 2.05) is 6.92 Å². The molecule has 0 radical (unpaired) electrons. The van der Waals surface area contributed by atoms with Gasteiger partial charge >= 0.3 is 0 Å². The van der Waals surface area contributed by atoms with Crippen molar-refractivity contribution in [2.24, 2.45) is 5.92 Å². The second-order valence-corrected chi connectivity index (χ2v) is 31.7. The molecule has 6 heterocycles. The number of aromatic nitrogens is 2. The van der Waals surface area contributed by atoms with Crippen LogP contribution in [0.25, 0.3) is 10.9 Å². The maximum absolute atomic E-state index is 14.9. The van der Waals surface area contributed by atoms with E-state index in [2.05, 4.69) is 31.2 Å². The first-order chi connectivity index (χ1) is 57.0. The van der Waals surface area contributed by atoms with Crippen LogP contribution in [0.1, 0.15) is 212 Å². The number of methoxy groups -OCH3 is 1. The number of rotatable bonds is 18. The Morgan fingerprint density at radius 3 is 1.81 bits per heavy atom. The predicted molar refractivity (Wildman–Crippen MR) is 415 cm³/mol. The fraction of sp³-hybridized carbons (Fsp3) is 0.419. The molecule has 5 aromatic carbocycles. The second-order valence-electron chi connectivity index (χ2n) is 31.7. The Hall–Kier alpha value is -11.9. The predicted octanol–water partition coefficient (Wildman–Crippen LogP) is 5.45. The third kappa shape index (κ3) is 15.5. The van der Waals surface area contributed by atoms with Gasteiger partial charge < -0.3 is 90.5 Å². The van der Waals surface area contributed by atoms with Crippen molar-refractivity contribution in [2.45, 2.75) is 196 Å². The lowest BCUT2D eigenvalue weighted by Gasteiger charge is -2.43. The Morgan fingerprint density at radius 2 is 1.18 bits per heavy atom. The van der Waals surface area contributed by atoms with Crippen LogP contribution in [0, 0.1) is 5.92 Å². The Balaban J connectivity index is 0.000000198. The molecule has 4 aliphatic heterocycles. The first-order valence-corrected chi connectivity index (χ1v) is 39.3. The number of amides is 6. The number of hydrogen-bond donors (Lipinski definition) is 11. The van der Waals surface area contributed by atoms with Gasteiger partial charge in [0.15, 0.2) is 41.5 Å². The van der Waals surface area contributed by atoms with E-state index < -0.39 is 239 Å². The summed E-state index contributed by atoms with van der Waals surface area (Å²) in [6, 6.07) is 16.4. The third-order valence-corrected chi connectivity index (χ3v) is 24.2. The summed E-state index contributed by atoms with van der Waals surface area (Å²) in [4.78, 5) is 172. The highest BCUT2D eigenvalue weighted by Gasteiger charge is 2.55. The number of nitrogens with one attached hydrogen (secondary N) is 4. The molecule has 0 spiro atoms. The topological polar surface area (TPSA) is 473 Å². The molecule has 4 aliphatic carbocycles. The van der Waals surface area contributed by atoms with Crippen LogP contribution in [0.2, 0.25) is 0 Å². The van der Waals surface area contributed by atoms with Crippen LogP contribution in [-0.2, 0) is 60.6 Å². The number of carbonyl (C=O) groups excluding carboxylic acids is 12. The number of benzene rings is 5. The molecule has 0 bridgehead atoms. The highest BCUT2D eigenvalue weighted by molar-refractivity contribution is 6.32. The van der Waals surface area contributed by atoms with E-state index in [4.69, 9.17) is 23.7 Å². The minimum absolute atomic E-state index is 0.0282. The highest BCUT2D eigenvalue weighted by Crippen LogP contribution is 2.55. The minimum atomic E-state index is -3.48. The molecule has 6 amide bonds. The van der Waals surface area contributed by atoms with Crippen LogP contribution in [0.5, 0.6) is 28.7 Å². The number of aromatic hydroxyl groups is 4. The maximum Gasteiger partial charge on any atom is 0.267 e. The summed E-state index contributed by atoms with van der Waals surface area (Å²) in [7, 11) is 1.29. The number of carbonyl (C=O) groups is 12. The number of ketones is 6. The van der Waals surface area contributed by atoms with Crippen LogP contribution < -0.4 is 26.0 Å². The van der Waals surface area contributed by atoms with Crippen molar-refractivity contribution in [3.63, 3.8) is 0 Å². The lowest BCUT2D eigenvalue weighted by molar-refractivity contribution is -0.249. The minimum Gasteiger partial charge on any atom is -0.507 e. The van der Waals surface area contributed by atoms with Crippen LogP contribution in [-0.4, -0.2) is 231 Å². The first-order valence-electron chi connectivity index (χ1n) is 39.3. The van der Waals surface area contributed by atoms with Crippen molar-refractivity contribution in [1.29, 1.82) is 0 Å². The van der Waals surface area contributed by atoms with Gasteiger partial charge in [-0.05, 0) is 70.9 Å². The van der Waals surface area contributed by atoms with E-state index in [0.29, 0.717) is 40.8 Å². The van der Waals surface area contributed by atoms with Crippen molar-refractivity contribution in [3.8, 4) is 28.7 Å². The van der Waals surface area contributed by atoms with Crippen LogP contribution >= 0.6 is 0 Å². The van der Waals surface area contributed by atoms with Gasteiger partial charge in [0.05, 0.1) is 89.6 Å². The standard InChI is InChI=1S/C45H44F2N4O13.C41H44N4O11/c1-4-30(52)44(61)15-24-34(41(58)36-35(39(24)56)38(55)23-9-7-11-28(62-3)33(23)40(36)57)29(17-44)64-32-14-26(37(54)20(2)63-32)50-43(60)27-16-45(46,47)19-51(27)31(53)18-49-42(59)22-12-13-48-25-10-6-5-8-21(22)25;1-19-21(3)55-30(16-27(19)44-39(52)28-10-7-15-45(28)40(53)20(2)43-38(51)23-11-13-42-14-12-23)56-29-18-41(54,22(4)46)17-26-31(29)37(50)33-32(36(26)49)34(47)24-8-5-6-9-25(24)35(33)48/h5-13,20,26-27,29,32,37,54,56,58,61H,4,14-19H2,1-3H3,(H,49,59)(H,50,60);5-6,8-9,11-14,19-21,27-30,49-50,54H,7,10,15-18H2,1-4H3,(H,43,51)(H,44,52)/t20?,26?,27-,29-,32?,37?,44-;19-,20-,21+,27+,28+,29+,30+,41+/m01/s1. The number of alkyl halides is 2. The number of hydrogen-bond acceptors (Lipinski definition) is 26. The molecular weight excluding hydrogens is 1570 g/mol. The van der Waals surface area contributed by atoms with Gasteiger partial charge in [-0.1, -0.05) is 68.4 Å². The smallest absolute Gasteiger partial charge is 0.267 e. The molecule has 7 aromatic rings.